The molecule has 0 aromatic heterocycles. The number of nitrogens with one attached hydrogen (secondary N) is 1. The van der Waals surface area contributed by atoms with Crippen molar-refractivity contribution in [2.45, 2.75) is 31.7 Å². The van der Waals surface area contributed by atoms with Crippen molar-refractivity contribution >= 4 is 0 Å². The first kappa shape index (κ1) is 9.53. The van der Waals surface area contributed by atoms with Gasteiger partial charge in [0, 0.05) is 5.54 Å². The Balaban J connectivity index is 2.31. The van der Waals surface area contributed by atoms with Crippen molar-refractivity contribution in [2.75, 3.05) is 6.54 Å². The molecule has 1 aromatic rings. The SMILES string of the molecule is CCC1(c2ccc(O)cc2)CCCN1. The molecule has 0 aliphatic carbocycles. The summed E-state index contributed by atoms with van der Waals surface area (Å²) in [5, 5.41) is 12.8. The van der Waals surface area contributed by atoms with Crippen molar-refractivity contribution in [1.82, 2.24) is 5.32 Å². The van der Waals surface area contributed by atoms with Gasteiger partial charge in [0.2, 0.25) is 0 Å². The van der Waals surface area contributed by atoms with E-state index in [0.29, 0.717) is 5.75 Å². The smallest absolute Gasteiger partial charge is 0.115 e. The van der Waals surface area contributed by atoms with Gasteiger partial charge in [0.05, 0.1) is 0 Å². The predicted molar refractivity (Wildman–Crippen MR) is 57.3 cm³/mol. The zero-order valence-corrected chi connectivity index (χ0v) is 8.59. The van der Waals surface area contributed by atoms with Gasteiger partial charge in [0.1, 0.15) is 5.75 Å². The minimum absolute atomic E-state index is 0.160. The van der Waals surface area contributed by atoms with Crippen LogP contribution in [0.25, 0.3) is 0 Å². The van der Waals surface area contributed by atoms with Crippen molar-refractivity contribution in [1.29, 1.82) is 0 Å². The van der Waals surface area contributed by atoms with Crippen LogP contribution in [0.3, 0.4) is 0 Å². The highest BCUT2D eigenvalue weighted by Crippen LogP contribution is 2.34. The fraction of sp³-hybridized carbons (Fsp3) is 0.500. The van der Waals surface area contributed by atoms with Crippen LogP contribution in [0.2, 0.25) is 0 Å². The minimum atomic E-state index is 0.160. The number of hydrogen-bond donors (Lipinski definition) is 2. The normalized spacial score (nSPS) is 26.6. The molecule has 0 amide bonds. The summed E-state index contributed by atoms with van der Waals surface area (Å²) < 4.78 is 0. The van der Waals surface area contributed by atoms with E-state index in [-0.39, 0.29) is 5.54 Å². The Hall–Kier alpha value is -1.02. The predicted octanol–water partition coefficient (Wildman–Crippen LogP) is 2.38. The van der Waals surface area contributed by atoms with Crippen molar-refractivity contribution in [3.8, 4) is 5.75 Å². The lowest BCUT2D eigenvalue weighted by Crippen LogP contribution is -2.35. The number of hydrogen-bond acceptors (Lipinski definition) is 2. The molecule has 0 radical (unpaired) electrons. The molecule has 1 atom stereocenters. The highest BCUT2D eigenvalue weighted by atomic mass is 16.3. The second-order valence-electron chi connectivity index (χ2n) is 4.01. The summed E-state index contributed by atoms with van der Waals surface area (Å²) in [6.07, 6.45) is 3.56. The number of aromatic hydroxyl groups is 1. The van der Waals surface area contributed by atoms with Crippen LogP contribution in [-0.2, 0) is 5.54 Å². The number of phenols is 1. The van der Waals surface area contributed by atoms with E-state index >= 15 is 0 Å². The molecule has 76 valence electrons. The molecule has 1 aromatic carbocycles. The highest BCUT2D eigenvalue weighted by molar-refractivity contribution is 5.31. The Morgan fingerprint density at radius 2 is 2.07 bits per heavy atom. The van der Waals surface area contributed by atoms with Gasteiger partial charge in [-0.1, -0.05) is 19.1 Å². The highest BCUT2D eigenvalue weighted by Gasteiger charge is 2.32. The Kier molecular flexibility index (Phi) is 2.46. The number of rotatable bonds is 2. The maximum atomic E-state index is 9.24. The van der Waals surface area contributed by atoms with Crippen LogP contribution in [0.15, 0.2) is 24.3 Å². The van der Waals surface area contributed by atoms with Crippen LogP contribution >= 0.6 is 0 Å². The van der Waals surface area contributed by atoms with Crippen LogP contribution in [0.5, 0.6) is 5.75 Å². The molecule has 2 heteroatoms. The van der Waals surface area contributed by atoms with E-state index < -0.39 is 0 Å². The van der Waals surface area contributed by atoms with Crippen molar-refractivity contribution < 1.29 is 5.11 Å². The first-order valence-electron chi connectivity index (χ1n) is 5.31. The van der Waals surface area contributed by atoms with E-state index in [1.165, 1.54) is 18.4 Å². The Labute approximate surface area is 85.0 Å². The second-order valence-corrected chi connectivity index (χ2v) is 4.01. The molecule has 14 heavy (non-hydrogen) atoms. The van der Waals surface area contributed by atoms with Gasteiger partial charge in [-0.25, -0.2) is 0 Å². The molecule has 1 heterocycles. The molecule has 0 bridgehead atoms. The van der Waals surface area contributed by atoms with E-state index in [4.69, 9.17) is 0 Å². The molecular weight excluding hydrogens is 174 g/mol. The van der Waals surface area contributed by atoms with Gasteiger partial charge < -0.3 is 10.4 Å². The lowest BCUT2D eigenvalue weighted by molar-refractivity contribution is 0.375. The molecule has 2 rings (SSSR count). The van der Waals surface area contributed by atoms with Crippen LogP contribution in [0, 0.1) is 0 Å². The monoisotopic (exact) mass is 191 g/mol. The van der Waals surface area contributed by atoms with Gasteiger partial charge in [-0.15, -0.1) is 0 Å². The number of benzene rings is 1. The van der Waals surface area contributed by atoms with Gasteiger partial charge in [-0.3, -0.25) is 0 Å². The molecule has 1 fully saturated rings. The molecule has 1 saturated heterocycles. The Bertz CT molecular complexity index is 299. The van der Waals surface area contributed by atoms with E-state index in [9.17, 15) is 5.11 Å². The Morgan fingerprint density at radius 1 is 1.36 bits per heavy atom. The van der Waals surface area contributed by atoms with Crippen molar-refractivity contribution in [3.63, 3.8) is 0 Å². The molecule has 2 N–H and O–H groups in total. The third-order valence-electron chi connectivity index (χ3n) is 3.27. The van der Waals surface area contributed by atoms with Crippen LogP contribution in [0.4, 0.5) is 0 Å². The fourth-order valence-electron chi connectivity index (χ4n) is 2.34. The summed E-state index contributed by atoms with van der Waals surface area (Å²) in [6.45, 7) is 3.32. The molecule has 0 spiro atoms. The summed E-state index contributed by atoms with van der Waals surface area (Å²) in [6, 6.07) is 7.59. The first-order valence-corrected chi connectivity index (χ1v) is 5.31. The third-order valence-corrected chi connectivity index (χ3v) is 3.27. The second kappa shape index (κ2) is 3.62. The molecular formula is C12H17NO. The van der Waals surface area contributed by atoms with E-state index in [2.05, 4.69) is 12.2 Å². The van der Waals surface area contributed by atoms with Crippen molar-refractivity contribution in [3.05, 3.63) is 29.8 Å². The van der Waals surface area contributed by atoms with E-state index in [1.54, 1.807) is 12.1 Å². The lowest BCUT2D eigenvalue weighted by Gasteiger charge is -2.28. The fourth-order valence-corrected chi connectivity index (χ4v) is 2.34. The average Bonchev–Trinajstić information content (AvgIpc) is 2.68. The van der Waals surface area contributed by atoms with Gasteiger partial charge in [-0.2, -0.15) is 0 Å². The average molecular weight is 191 g/mol. The lowest BCUT2D eigenvalue weighted by atomic mass is 9.86. The van der Waals surface area contributed by atoms with Gasteiger partial charge in [0.15, 0.2) is 0 Å². The molecule has 1 aliphatic rings. The van der Waals surface area contributed by atoms with E-state index in [0.717, 1.165) is 13.0 Å². The standard InChI is InChI=1S/C12H17NO/c1-2-12(8-3-9-13-12)10-4-6-11(14)7-5-10/h4-7,13-14H,2-3,8-9H2,1H3. The topological polar surface area (TPSA) is 32.3 Å². The Morgan fingerprint density at radius 3 is 2.57 bits per heavy atom. The summed E-state index contributed by atoms with van der Waals surface area (Å²) in [4.78, 5) is 0. The van der Waals surface area contributed by atoms with Gasteiger partial charge in [-0.05, 0) is 43.5 Å². The van der Waals surface area contributed by atoms with E-state index in [1.807, 2.05) is 12.1 Å². The van der Waals surface area contributed by atoms with Crippen LogP contribution in [0.1, 0.15) is 31.7 Å². The molecule has 1 aliphatic heterocycles. The summed E-state index contributed by atoms with van der Waals surface area (Å²) in [5.74, 6) is 0.345. The van der Waals surface area contributed by atoms with Crippen LogP contribution < -0.4 is 5.32 Å². The zero-order valence-electron chi connectivity index (χ0n) is 8.59. The van der Waals surface area contributed by atoms with Crippen molar-refractivity contribution in [2.24, 2.45) is 0 Å². The quantitative estimate of drug-likeness (QED) is 0.752. The molecule has 1 unspecified atom stereocenters. The van der Waals surface area contributed by atoms with Gasteiger partial charge in [0.25, 0.3) is 0 Å². The zero-order chi connectivity index (χ0) is 10.0. The first-order chi connectivity index (χ1) is 6.77. The summed E-state index contributed by atoms with van der Waals surface area (Å²) >= 11 is 0. The minimum Gasteiger partial charge on any atom is -0.508 e. The maximum Gasteiger partial charge on any atom is 0.115 e. The largest absolute Gasteiger partial charge is 0.508 e. The summed E-state index contributed by atoms with van der Waals surface area (Å²) in [7, 11) is 0. The molecule has 0 saturated carbocycles. The van der Waals surface area contributed by atoms with Crippen LogP contribution in [-0.4, -0.2) is 11.7 Å². The molecule has 2 nitrogen and oxygen atoms in total. The number of phenolic OH excluding ortho intramolecular Hbond substituents is 1. The van der Waals surface area contributed by atoms with Gasteiger partial charge >= 0.3 is 0 Å². The third kappa shape index (κ3) is 1.50. The maximum absolute atomic E-state index is 9.24. The summed E-state index contributed by atoms with van der Waals surface area (Å²) in [5.41, 5.74) is 1.46.